The van der Waals surface area contributed by atoms with E-state index in [2.05, 4.69) is 19.7 Å². The van der Waals surface area contributed by atoms with Gasteiger partial charge < -0.3 is 9.47 Å². The van der Waals surface area contributed by atoms with E-state index in [9.17, 15) is 4.39 Å². The van der Waals surface area contributed by atoms with E-state index in [1.54, 1.807) is 12.1 Å². The molecule has 5 heteroatoms. The molecule has 2 aliphatic rings. The van der Waals surface area contributed by atoms with Crippen LogP contribution >= 0.6 is 0 Å². The fraction of sp³-hybridized carbons (Fsp3) is 0.619. The second kappa shape index (κ2) is 8.30. The maximum Gasteiger partial charge on any atom is 0.133 e. The summed E-state index contributed by atoms with van der Waals surface area (Å²) in [7, 11) is 0. The van der Waals surface area contributed by atoms with Gasteiger partial charge in [-0.05, 0) is 75.4 Å². The van der Waals surface area contributed by atoms with Crippen molar-refractivity contribution in [3.05, 3.63) is 47.3 Å². The zero-order valence-corrected chi connectivity index (χ0v) is 15.5. The molecule has 1 aromatic carbocycles. The molecule has 4 rings (SSSR count). The maximum absolute atomic E-state index is 13.1. The van der Waals surface area contributed by atoms with Gasteiger partial charge in [0, 0.05) is 19.4 Å². The number of aryl methyl sites for hydroxylation is 2. The number of nitrogens with zero attached hydrogens (tertiary/aromatic N) is 4. The lowest BCUT2D eigenvalue weighted by atomic mass is 9.89. The molecular formula is C21H29FN4. The lowest BCUT2D eigenvalue weighted by Gasteiger charge is -2.32. The van der Waals surface area contributed by atoms with Gasteiger partial charge in [-0.1, -0.05) is 18.6 Å². The van der Waals surface area contributed by atoms with E-state index in [4.69, 9.17) is 0 Å². The Morgan fingerprint density at radius 1 is 0.962 bits per heavy atom. The van der Waals surface area contributed by atoms with E-state index in [1.165, 1.54) is 49.3 Å². The molecule has 0 atom stereocenters. The van der Waals surface area contributed by atoms with Gasteiger partial charge in [-0.3, -0.25) is 0 Å². The Balaban J connectivity index is 1.23. The molecule has 140 valence electrons. The van der Waals surface area contributed by atoms with Gasteiger partial charge in [0.15, 0.2) is 0 Å². The van der Waals surface area contributed by atoms with Crippen molar-refractivity contribution in [1.29, 1.82) is 0 Å². The van der Waals surface area contributed by atoms with E-state index in [1.807, 2.05) is 12.1 Å². The van der Waals surface area contributed by atoms with Crippen LogP contribution < -0.4 is 0 Å². The molecule has 2 aliphatic heterocycles. The lowest BCUT2D eigenvalue weighted by molar-refractivity contribution is 0.209. The first-order valence-corrected chi connectivity index (χ1v) is 10.2. The van der Waals surface area contributed by atoms with Gasteiger partial charge in [0.25, 0.3) is 0 Å². The first-order valence-electron chi connectivity index (χ1n) is 10.2. The zero-order valence-electron chi connectivity index (χ0n) is 15.5. The first-order chi connectivity index (χ1) is 12.8. The number of halogens is 1. The van der Waals surface area contributed by atoms with Gasteiger partial charge in [0.2, 0.25) is 0 Å². The molecule has 0 radical (unpaired) electrons. The molecule has 0 N–H and O–H groups in total. The fourth-order valence-corrected chi connectivity index (χ4v) is 4.42. The van der Waals surface area contributed by atoms with Crippen LogP contribution in [0.15, 0.2) is 24.3 Å². The van der Waals surface area contributed by atoms with Crippen molar-refractivity contribution in [1.82, 2.24) is 19.7 Å². The lowest BCUT2D eigenvalue weighted by Crippen LogP contribution is -2.34. The Morgan fingerprint density at radius 3 is 2.58 bits per heavy atom. The Bertz CT molecular complexity index is 701. The van der Waals surface area contributed by atoms with Crippen molar-refractivity contribution in [2.24, 2.45) is 0 Å². The number of rotatable bonds is 5. The molecule has 1 aromatic heterocycles. The smallest absolute Gasteiger partial charge is 0.133 e. The minimum atomic E-state index is -0.141. The number of hydrogen-bond acceptors (Lipinski definition) is 3. The standard InChI is InChI=1S/C21H29FN4/c22-19-9-7-17(8-10-19)18-11-15-25(16-12-18)13-4-6-21-24-23-20-5-2-1-3-14-26(20)21/h7-10,18H,1-6,11-16H2. The van der Waals surface area contributed by atoms with Crippen molar-refractivity contribution in [2.45, 2.75) is 63.8 Å². The van der Waals surface area contributed by atoms with Crippen LogP contribution in [0.25, 0.3) is 0 Å². The van der Waals surface area contributed by atoms with Crippen LogP contribution in [0.1, 0.15) is 61.7 Å². The van der Waals surface area contributed by atoms with Gasteiger partial charge in [0.05, 0.1) is 0 Å². The number of fused-ring (bicyclic) bond motifs is 1. The van der Waals surface area contributed by atoms with Gasteiger partial charge >= 0.3 is 0 Å². The Morgan fingerprint density at radius 2 is 1.77 bits per heavy atom. The highest BCUT2D eigenvalue weighted by Crippen LogP contribution is 2.28. The molecule has 0 spiro atoms. The molecule has 0 amide bonds. The van der Waals surface area contributed by atoms with Crippen molar-refractivity contribution in [3.63, 3.8) is 0 Å². The molecule has 0 saturated carbocycles. The summed E-state index contributed by atoms with van der Waals surface area (Å²) in [6.45, 7) is 4.51. The van der Waals surface area contributed by atoms with Gasteiger partial charge in [0.1, 0.15) is 17.5 Å². The maximum atomic E-state index is 13.1. The second-order valence-corrected chi connectivity index (χ2v) is 7.77. The summed E-state index contributed by atoms with van der Waals surface area (Å²) in [5, 5.41) is 8.85. The molecule has 1 fully saturated rings. The van der Waals surface area contributed by atoms with Crippen LogP contribution in [-0.2, 0) is 19.4 Å². The third kappa shape index (κ3) is 4.14. The number of likely N-dealkylation sites (tertiary alicyclic amines) is 1. The highest BCUT2D eigenvalue weighted by atomic mass is 19.1. The summed E-state index contributed by atoms with van der Waals surface area (Å²) in [4.78, 5) is 2.57. The predicted octanol–water partition coefficient (Wildman–Crippen LogP) is 3.96. The average molecular weight is 356 g/mol. The van der Waals surface area contributed by atoms with Crippen LogP contribution in [0, 0.1) is 5.82 Å². The van der Waals surface area contributed by atoms with Crippen molar-refractivity contribution in [2.75, 3.05) is 19.6 Å². The van der Waals surface area contributed by atoms with Crippen molar-refractivity contribution >= 4 is 0 Å². The first kappa shape index (κ1) is 17.7. The van der Waals surface area contributed by atoms with Crippen LogP contribution in [0.5, 0.6) is 0 Å². The molecule has 0 bridgehead atoms. The summed E-state index contributed by atoms with van der Waals surface area (Å²) in [6, 6.07) is 7.08. The summed E-state index contributed by atoms with van der Waals surface area (Å²) in [5.41, 5.74) is 1.29. The Hall–Kier alpha value is -1.75. The van der Waals surface area contributed by atoms with E-state index in [0.29, 0.717) is 5.92 Å². The summed E-state index contributed by atoms with van der Waals surface area (Å²) in [6.07, 6.45) is 9.44. The third-order valence-electron chi connectivity index (χ3n) is 5.99. The topological polar surface area (TPSA) is 34.0 Å². The molecule has 1 saturated heterocycles. The summed E-state index contributed by atoms with van der Waals surface area (Å²) < 4.78 is 15.4. The SMILES string of the molecule is Fc1ccc(C2CCN(CCCc3nnc4n3CCCCC4)CC2)cc1. The van der Waals surface area contributed by atoms with E-state index >= 15 is 0 Å². The molecule has 3 heterocycles. The quantitative estimate of drug-likeness (QED) is 0.813. The van der Waals surface area contributed by atoms with Gasteiger partial charge in [-0.15, -0.1) is 10.2 Å². The highest BCUT2D eigenvalue weighted by molar-refractivity contribution is 5.21. The van der Waals surface area contributed by atoms with Crippen LogP contribution in [0.3, 0.4) is 0 Å². The largest absolute Gasteiger partial charge is 0.315 e. The average Bonchev–Trinajstić information content (AvgIpc) is 2.89. The highest BCUT2D eigenvalue weighted by Gasteiger charge is 2.21. The molecule has 2 aromatic rings. The number of aromatic nitrogens is 3. The van der Waals surface area contributed by atoms with E-state index < -0.39 is 0 Å². The third-order valence-corrected chi connectivity index (χ3v) is 5.99. The number of piperidine rings is 1. The summed E-state index contributed by atoms with van der Waals surface area (Å²) in [5.74, 6) is 2.82. The van der Waals surface area contributed by atoms with Crippen molar-refractivity contribution in [3.8, 4) is 0 Å². The van der Waals surface area contributed by atoms with Crippen molar-refractivity contribution < 1.29 is 4.39 Å². The minimum absolute atomic E-state index is 0.141. The second-order valence-electron chi connectivity index (χ2n) is 7.77. The molecule has 0 unspecified atom stereocenters. The van der Waals surface area contributed by atoms with E-state index in [-0.39, 0.29) is 5.82 Å². The van der Waals surface area contributed by atoms with Crippen LogP contribution in [0.2, 0.25) is 0 Å². The summed E-state index contributed by atoms with van der Waals surface area (Å²) >= 11 is 0. The number of benzene rings is 1. The normalized spacial score (nSPS) is 19.3. The van der Waals surface area contributed by atoms with Crippen LogP contribution in [0.4, 0.5) is 4.39 Å². The predicted molar refractivity (Wildman–Crippen MR) is 101 cm³/mol. The number of hydrogen-bond donors (Lipinski definition) is 0. The molecule has 0 aliphatic carbocycles. The Kier molecular flexibility index (Phi) is 5.63. The zero-order chi connectivity index (χ0) is 17.8. The minimum Gasteiger partial charge on any atom is -0.315 e. The van der Waals surface area contributed by atoms with Gasteiger partial charge in [-0.25, -0.2) is 4.39 Å². The monoisotopic (exact) mass is 356 g/mol. The van der Waals surface area contributed by atoms with Gasteiger partial charge in [-0.2, -0.15) is 0 Å². The molecule has 26 heavy (non-hydrogen) atoms. The van der Waals surface area contributed by atoms with E-state index in [0.717, 1.165) is 45.4 Å². The van der Waals surface area contributed by atoms with Crippen LogP contribution in [-0.4, -0.2) is 39.3 Å². The molecule has 4 nitrogen and oxygen atoms in total. The molecular weight excluding hydrogens is 327 g/mol. The Labute approximate surface area is 155 Å². The fourth-order valence-electron chi connectivity index (χ4n) is 4.42.